The molecule has 0 radical (unpaired) electrons. The van der Waals surface area contributed by atoms with Gasteiger partial charge in [0.15, 0.2) is 0 Å². The maximum absolute atomic E-state index is 10.9. The molecule has 4 nitrogen and oxygen atoms in total. The van der Waals surface area contributed by atoms with Crippen LogP contribution >= 0.6 is 0 Å². The number of rotatable bonds is 6. The van der Waals surface area contributed by atoms with Gasteiger partial charge in [-0.1, -0.05) is 0 Å². The van der Waals surface area contributed by atoms with Crippen LogP contribution in [0.3, 0.4) is 0 Å². The molecule has 14 heavy (non-hydrogen) atoms. The lowest BCUT2D eigenvalue weighted by atomic mass is 10.4. The molecule has 0 heterocycles. The molecule has 0 saturated carbocycles. The second kappa shape index (κ2) is 7.53. The van der Waals surface area contributed by atoms with Crippen molar-refractivity contribution < 1.29 is 19.3 Å². The zero-order valence-electron chi connectivity index (χ0n) is 9.15. The summed E-state index contributed by atoms with van der Waals surface area (Å²) in [5.74, 6) is -0.367. The van der Waals surface area contributed by atoms with Crippen molar-refractivity contribution in [2.75, 3.05) is 6.61 Å². The van der Waals surface area contributed by atoms with Crippen LogP contribution in [0.15, 0.2) is 12.2 Å². The summed E-state index contributed by atoms with van der Waals surface area (Å²) in [7, 11) is 0. The van der Waals surface area contributed by atoms with Gasteiger partial charge in [0.25, 0.3) is 0 Å². The summed E-state index contributed by atoms with van der Waals surface area (Å²) in [4.78, 5) is 20.5. The normalized spacial score (nSPS) is 11.6. The Bertz CT molecular complexity index is 185. The van der Waals surface area contributed by atoms with Crippen molar-refractivity contribution in [1.82, 2.24) is 0 Å². The summed E-state index contributed by atoms with van der Waals surface area (Å²) in [5.41, 5.74) is 0. The highest BCUT2D eigenvalue weighted by atomic mass is 17.2. The van der Waals surface area contributed by atoms with Crippen LogP contribution in [0.5, 0.6) is 0 Å². The van der Waals surface area contributed by atoms with Crippen molar-refractivity contribution >= 4 is 5.97 Å². The lowest BCUT2D eigenvalue weighted by molar-refractivity contribution is -0.309. The van der Waals surface area contributed by atoms with Crippen molar-refractivity contribution in [3.05, 3.63) is 12.2 Å². The Labute approximate surface area is 84.8 Å². The molecule has 0 atom stereocenters. The first-order chi connectivity index (χ1) is 6.52. The van der Waals surface area contributed by atoms with E-state index in [9.17, 15) is 4.79 Å². The highest BCUT2D eigenvalue weighted by Gasteiger charge is 1.99. The van der Waals surface area contributed by atoms with Crippen LogP contribution in [0.4, 0.5) is 0 Å². The van der Waals surface area contributed by atoms with Crippen molar-refractivity contribution in [1.29, 1.82) is 0 Å². The molecule has 0 aromatic carbocycles. The SMILES string of the molecule is CC(C)OOC/C=C/C(=O)OC(C)C. The van der Waals surface area contributed by atoms with Gasteiger partial charge in [-0.3, -0.25) is 0 Å². The van der Waals surface area contributed by atoms with E-state index in [1.165, 1.54) is 6.08 Å². The Morgan fingerprint density at radius 2 is 1.86 bits per heavy atom. The lowest BCUT2D eigenvalue weighted by Crippen LogP contribution is -2.09. The quantitative estimate of drug-likeness (QED) is 0.217. The van der Waals surface area contributed by atoms with E-state index in [-0.39, 0.29) is 24.8 Å². The molecule has 0 saturated heterocycles. The molecule has 0 bridgehead atoms. The number of hydrogen-bond acceptors (Lipinski definition) is 4. The minimum atomic E-state index is -0.367. The molecular weight excluding hydrogens is 184 g/mol. The van der Waals surface area contributed by atoms with Crippen LogP contribution in [0.2, 0.25) is 0 Å². The average Bonchev–Trinajstić information content (AvgIpc) is 2.01. The van der Waals surface area contributed by atoms with Crippen LogP contribution < -0.4 is 0 Å². The van der Waals surface area contributed by atoms with Gasteiger partial charge in [-0.15, -0.1) is 0 Å². The van der Waals surface area contributed by atoms with Gasteiger partial charge in [-0.2, -0.15) is 0 Å². The van der Waals surface area contributed by atoms with E-state index in [0.717, 1.165) is 0 Å². The highest BCUT2D eigenvalue weighted by Crippen LogP contribution is 1.92. The Morgan fingerprint density at radius 3 is 2.36 bits per heavy atom. The molecular formula is C10H18O4. The van der Waals surface area contributed by atoms with Crippen LogP contribution in [0.1, 0.15) is 27.7 Å². The van der Waals surface area contributed by atoms with Crippen LogP contribution in [0, 0.1) is 0 Å². The summed E-state index contributed by atoms with van der Waals surface area (Å²) in [6, 6.07) is 0. The third kappa shape index (κ3) is 9.22. The van der Waals surface area contributed by atoms with E-state index in [1.54, 1.807) is 19.9 Å². The van der Waals surface area contributed by atoms with Crippen LogP contribution in [0.25, 0.3) is 0 Å². The van der Waals surface area contributed by atoms with Gasteiger partial charge >= 0.3 is 5.97 Å². The zero-order chi connectivity index (χ0) is 11.0. The van der Waals surface area contributed by atoms with Gasteiger partial charge in [0.05, 0.1) is 12.2 Å². The van der Waals surface area contributed by atoms with Gasteiger partial charge in [0.2, 0.25) is 0 Å². The van der Waals surface area contributed by atoms with Crippen molar-refractivity contribution in [3.63, 3.8) is 0 Å². The molecule has 0 spiro atoms. The number of ether oxygens (including phenoxy) is 1. The fourth-order valence-electron chi connectivity index (χ4n) is 0.631. The first-order valence-electron chi connectivity index (χ1n) is 4.67. The largest absolute Gasteiger partial charge is 0.460 e. The van der Waals surface area contributed by atoms with Gasteiger partial charge in [-0.05, 0) is 33.8 Å². The third-order valence-electron chi connectivity index (χ3n) is 1.03. The van der Waals surface area contributed by atoms with Gasteiger partial charge in [0.1, 0.15) is 6.61 Å². The summed E-state index contributed by atoms with van der Waals surface area (Å²) >= 11 is 0. The van der Waals surface area contributed by atoms with E-state index < -0.39 is 0 Å². The van der Waals surface area contributed by atoms with E-state index in [2.05, 4.69) is 0 Å². The maximum atomic E-state index is 10.9. The predicted octanol–water partition coefficient (Wildman–Crippen LogP) is 1.85. The van der Waals surface area contributed by atoms with Crippen molar-refractivity contribution in [2.24, 2.45) is 0 Å². The Hall–Kier alpha value is -0.870. The molecule has 0 amide bonds. The number of esters is 1. The second-order valence-electron chi connectivity index (χ2n) is 3.32. The standard InChI is InChI=1S/C10H18O4/c1-8(2)13-10(11)6-5-7-12-14-9(3)4/h5-6,8-9H,7H2,1-4H3/b6-5+. The molecule has 0 aliphatic rings. The zero-order valence-corrected chi connectivity index (χ0v) is 9.15. The van der Waals surface area contributed by atoms with E-state index in [4.69, 9.17) is 14.5 Å². The predicted molar refractivity (Wildman–Crippen MR) is 52.5 cm³/mol. The van der Waals surface area contributed by atoms with Gasteiger partial charge in [-0.25, -0.2) is 14.6 Å². The molecule has 0 aromatic rings. The molecule has 0 aliphatic carbocycles. The van der Waals surface area contributed by atoms with E-state index in [0.29, 0.717) is 0 Å². The summed E-state index contributed by atoms with van der Waals surface area (Å²) in [6.45, 7) is 7.55. The van der Waals surface area contributed by atoms with E-state index in [1.807, 2.05) is 13.8 Å². The maximum Gasteiger partial charge on any atom is 0.330 e. The monoisotopic (exact) mass is 202 g/mol. The Kier molecular flexibility index (Phi) is 7.06. The Balaban J connectivity index is 3.47. The summed E-state index contributed by atoms with van der Waals surface area (Å²) in [5, 5.41) is 0. The van der Waals surface area contributed by atoms with Gasteiger partial charge < -0.3 is 4.74 Å². The number of carbonyl (C=O) groups excluding carboxylic acids is 1. The van der Waals surface area contributed by atoms with Crippen molar-refractivity contribution in [2.45, 2.75) is 39.9 Å². The number of hydrogen-bond donors (Lipinski definition) is 0. The smallest absolute Gasteiger partial charge is 0.330 e. The highest BCUT2D eigenvalue weighted by molar-refractivity contribution is 5.81. The molecule has 82 valence electrons. The molecule has 4 heteroatoms. The molecule has 0 N–H and O–H groups in total. The van der Waals surface area contributed by atoms with Crippen molar-refractivity contribution in [3.8, 4) is 0 Å². The fraction of sp³-hybridized carbons (Fsp3) is 0.700. The fourth-order valence-corrected chi connectivity index (χ4v) is 0.631. The average molecular weight is 202 g/mol. The minimum Gasteiger partial charge on any atom is -0.460 e. The summed E-state index contributed by atoms with van der Waals surface area (Å²) < 4.78 is 4.86. The second-order valence-corrected chi connectivity index (χ2v) is 3.32. The molecule has 0 unspecified atom stereocenters. The van der Waals surface area contributed by atoms with E-state index >= 15 is 0 Å². The first-order valence-corrected chi connectivity index (χ1v) is 4.67. The molecule has 0 aliphatic heterocycles. The van der Waals surface area contributed by atoms with Crippen LogP contribution in [-0.2, 0) is 19.3 Å². The summed E-state index contributed by atoms with van der Waals surface area (Å²) in [6.07, 6.45) is 2.79. The first kappa shape index (κ1) is 13.1. The van der Waals surface area contributed by atoms with Gasteiger partial charge in [0, 0.05) is 6.08 Å². The molecule has 0 aromatic heterocycles. The topological polar surface area (TPSA) is 44.8 Å². The third-order valence-corrected chi connectivity index (χ3v) is 1.03. The minimum absolute atomic E-state index is 0.0195. The Morgan fingerprint density at radius 1 is 1.21 bits per heavy atom. The molecule has 0 fully saturated rings. The lowest BCUT2D eigenvalue weighted by Gasteiger charge is -2.05. The number of carbonyl (C=O) groups is 1. The van der Waals surface area contributed by atoms with Crippen LogP contribution in [-0.4, -0.2) is 24.8 Å². The molecule has 0 rings (SSSR count).